The standard InChI is InChI=1S/C45H30N4O2.Ni/c1-51-45(50)42-43-40(30-18-10-4-11-19-30)36-26-24-34(47-36)38(28-14-6-2-7-15-28)32-22-23-33(46-32)39(29-16-8-3-9-17-29)35-25-27-37(48-35)41(44(42)49-43)31-20-12-5-13-21-31;/h2-27,42H,1H3;/q-2;+2. The van der Waals surface area contributed by atoms with E-state index >= 15 is 0 Å². The van der Waals surface area contributed by atoms with Crippen molar-refractivity contribution in [2.45, 2.75) is 5.92 Å². The zero-order valence-electron chi connectivity index (χ0n) is 28.0. The van der Waals surface area contributed by atoms with Crippen molar-refractivity contribution in [2.24, 2.45) is 0 Å². The molecule has 0 aliphatic carbocycles. The first-order chi connectivity index (χ1) is 25.2. The number of benzene rings is 4. The second-order valence-corrected chi connectivity index (χ2v) is 12.4. The van der Waals surface area contributed by atoms with Crippen molar-refractivity contribution in [1.29, 1.82) is 0 Å². The predicted octanol–water partition coefficient (Wildman–Crippen LogP) is 9.71. The molecule has 0 atom stereocenters. The molecular formula is C45H30N4NiO2. The van der Waals surface area contributed by atoms with Gasteiger partial charge in [-0.15, -0.1) is 22.1 Å². The fraction of sp³-hybridized carbons (Fsp3) is 0.0444. The second kappa shape index (κ2) is 13.8. The van der Waals surface area contributed by atoms with Crippen LogP contribution in [0.15, 0.2) is 146 Å². The van der Waals surface area contributed by atoms with E-state index in [1.165, 1.54) is 7.11 Å². The first-order valence-electron chi connectivity index (χ1n) is 16.8. The molecule has 0 saturated heterocycles. The summed E-state index contributed by atoms with van der Waals surface area (Å²) in [5.74, 6) is -1.16. The van der Waals surface area contributed by atoms with E-state index in [0.29, 0.717) is 22.4 Å². The van der Waals surface area contributed by atoms with Crippen LogP contribution in [0.3, 0.4) is 0 Å². The Morgan fingerprint density at radius 3 is 1.15 bits per heavy atom. The van der Waals surface area contributed by atoms with Gasteiger partial charge in [0.25, 0.3) is 0 Å². The van der Waals surface area contributed by atoms with Crippen molar-refractivity contribution in [1.82, 2.24) is 19.9 Å². The Morgan fingerprint density at radius 2 is 0.808 bits per heavy atom. The molecule has 0 spiro atoms. The Hall–Kier alpha value is -6.30. The summed E-state index contributed by atoms with van der Waals surface area (Å²) >= 11 is 0. The van der Waals surface area contributed by atoms with E-state index in [0.717, 1.165) is 66.9 Å². The molecule has 8 bridgehead atoms. The van der Waals surface area contributed by atoms with Crippen LogP contribution in [0.2, 0.25) is 0 Å². The van der Waals surface area contributed by atoms with E-state index in [9.17, 15) is 4.79 Å². The predicted molar refractivity (Wildman–Crippen MR) is 203 cm³/mol. The molecule has 3 aliphatic rings. The van der Waals surface area contributed by atoms with E-state index in [4.69, 9.17) is 24.7 Å². The number of hydrogen-bond donors (Lipinski definition) is 0. The van der Waals surface area contributed by atoms with Gasteiger partial charge in [-0.1, -0.05) is 146 Å². The molecule has 0 radical (unpaired) electrons. The smallest absolute Gasteiger partial charge is 0.657 e. The van der Waals surface area contributed by atoms with Gasteiger partial charge in [0.05, 0.1) is 29.9 Å². The summed E-state index contributed by atoms with van der Waals surface area (Å²) in [4.78, 5) is 34.9. The molecule has 0 amide bonds. The molecular weight excluding hydrogens is 687 g/mol. The van der Waals surface area contributed by atoms with E-state index in [1.54, 1.807) is 0 Å². The Morgan fingerprint density at radius 1 is 0.481 bits per heavy atom. The summed E-state index contributed by atoms with van der Waals surface area (Å²) in [7, 11) is 1.42. The van der Waals surface area contributed by atoms with Crippen molar-refractivity contribution >= 4 is 40.2 Å². The molecule has 6 nitrogen and oxygen atoms in total. The van der Waals surface area contributed by atoms with Crippen LogP contribution in [0.5, 0.6) is 0 Å². The van der Waals surface area contributed by atoms with Gasteiger partial charge in [0.1, 0.15) is 5.92 Å². The maximum Gasteiger partial charge on any atom is 2.00 e. The number of methoxy groups -OCH3 is 1. The first-order valence-corrected chi connectivity index (χ1v) is 16.8. The third-order valence-corrected chi connectivity index (χ3v) is 9.44. The van der Waals surface area contributed by atoms with Gasteiger partial charge in [-0.3, -0.25) is 9.78 Å². The average Bonchev–Trinajstić information content (AvgIpc) is 3.96. The number of carbonyl (C=O) groups excluding carboxylic acids is 1. The normalized spacial score (nSPS) is 12.1. The zero-order chi connectivity index (χ0) is 34.3. The molecule has 6 heterocycles. The molecule has 0 fully saturated rings. The zero-order valence-corrected chi connectivity index (χ0v) is 29.0. The van der Waals surface area contributed by atoms with Gasteiger partial charge in [-0.2, -0.15) is 0 Å². The van der Waals surface area contributed by atoms with Crippen LogP contribution < -0.4 is 9.97 Å². The molecule has 10 rings (SSSR count). The van der Waals surface area contributed by atoms with E-state index < -0.39 is 11.9 Å². The number of nitrogens with zero attached hydrogens (tertiary/aromatic N) is 4. The van der Waals surface area contributed by atoms with Crippen molar-refractivity contribution in [3.63, 3.8) is 0 Å². The third kappa shape index (κ3) is 5.66. The van der Waals surface area contributed by atoms with Gasteiger partial charge in [-0.05, 0) is 56.7 Å². The van der Waals surface area contributed by atoms with Gasteiger partial charge in [0.15, 0.2) is 0 Å². The Labute approximate surface area is 310 Å². The average molecular weight is 717 g/mol. The Balaban J connectivity index is 0.00000387. The van der Waals surface area contributed by atoms with Crippen LogP contribution in [0, 0.1) is 0 Å². The van der Waals surface area contributed by atoms with Crippen LogP contribution in [-0.4, -0.2) is 23.0 Å². The summed E-state index contributed by atoms with van der Waals surface area (Å²) in [6.45, 7) is 0. The number of carbonyl (C=O) groups is 1. The molecule has 3 aliphatic heterocycles. The third-order valence-electron chi connectivity index (χ3n) is 9.44. The van der Waals surface area contributed by atoms with Crippen LogP contribution in [0.4, 0.5) is 0 Å². The topological polar surface area (TPSA) is 80.3 Å². The van der Waals surface area contributed by atoms with Crippen molar-refractivity contribution < 1.29 is 26.0 Å². The van der Waals surface area contributed by atoms with Gasteiger partial charge < -0.3 is 14.7 Å². The minimum Gasteiger partial charge on any atom is -0.657 e. The van der Waals surface area contributed by atoms with Crippen molar-refractivity contribution in [2.75, 3.05) is 7.11 Å². The summed E-state index contributed by atoms with van der Waals surface area (Å²) in [6.07, 6.45) is 4.12. The summed E-state index contributed by atoms with van der Waals surface area (Å²) < 4.78 is 5.48. The second-order valence-electron chi connectivity index (χ2n) is 12.4. The summed E-state index contributed by atoms with van der Waals surface area (Å²) in [6, 6.07) is 48.5. The molecule has 252 valence electrons. The fourth-order valence-corrected chi connectivity index (χ4v) is 7.11. The first kappa shape index (κ1) is 32.9. The van der Waals surface area contributed by atoms with Crippen LogP contribution in [0.1, 0.15) is 28.7 Å². The maximum absolute atomic E-state index is 13.9. The SMILES string of the molecule is COC(=O)C1c2nc1c(-c1ccccc1)c1ccc([n-]1)c(-c1ccccc1)c1nc(c(-c3ccccc3)c3ccc([n-]3)c2-c2ccccc2)C=C1.[Ni+2]. The number of ether oxygens (including phenoxy) is 1. The van der Waals surface area contributed by atoms with Gasteiger partial charge in [-0.25, -0.2) is 4.98 Å². The summed E-state index contributed by atoms with van der Waals surface area (Å²) in [5, 5.41) is 0. The van der Waals surface area contributed by atoms with E-state index in [1.807, 2.05) is 121 Å². The van der Waals surface area contributed by atoms with Crippen LogP contribution >= 0.6 is 0 Å². The minimum atomic E-state index is -0.764. The van der Waals surface area contributed by atoms with Crippen LogP contribution in [-0.2, 0) is 26.0 Å². The van der Waals surface area contributed by atoms with Gasteiger partial charge in [0.2, 0.25) is 0 Å². The van der Waals surface area contributed by atoms with E-state index in [2.05, 4.69) is 36.4 Å². The van der Waals surface area contributed by atoms with Crippen molar-refractivity contribution in [3.8, 4) is 44.5 Å². The molecule has 0 N–H and O–H groups in total. The molecule has 0 saturated carbocycles. The number of hydrogen-bond acceptors (Lipinski definition) is 4. The Kier molecular flexibility index (Phi) is 8.72. The molecule has 52 heavy (non-hydrogen) atoms. The minimum absolute atomic E-state index is 0. The van der Waals surface area contributed by atoms with Gasteiger partial charge >= 0.3 is 22.5 Å². The monoisotopic (exact) mass is 716 g/mol. The summed E-state index contributed by atoms with van der Waals surface area (Å²) in [5.41, 5.74) is 12.9. The van der Waals surface area contributed by atoms with E-state index in [-0.39, 0.29) is 16.5 Å². The van der Waals surface area contributed by atoms with Crippen LogP contribution in [0.25, 0.3) is 78.7 Å². The number of rotatable bonds is 5. The Bertz CT molecular complexity index is 2460. The van der Waals surface area contributed by atoms with Gasteiger partial charge in [0, 0.05) is 0 Å². The molecule has 3 aromatic heterocycles. The molecule has 7 heteroatoms. The van der Waals surface area contributed by atoms with Crippen molar-refractivity contribution in [3.05, 3.63) is 168 Å². The maximum atomic E-state index is 13.9. The largest absolute Gasteiger partial charge is 2.00 e. The number of esters is 1. The number of aromatic nitrogens is 4. The molecule has 4 aromatic carbocycles. The fourth-order valence-electron chi connectivity index (χ4n) is 7.11. The molecule has 7 aromatic rings. The molecule has 0 unspecified atom stereocenters. The quantitative estimate of drug-likeness (QED) is 0.130.